The molecule has 5 aliphatic rings. The van der Waals surface area contributed by atoms with Crippen molar-refractivity contribution in [1.82, 2.24) is 10.2 Å². The highest BCUT2D eigenvalue weighted by molar-refractivity contribution is 6.09. The van der Waals surface area contributed by atoms with E-state index in [-0.39, 0.29) is 25.0 Å². The first-order chi connectivity index (χ1) is 17.3. The molecule has 2 aliphatic carbocycles. The van der Waals surface area contributed by atoms with Gasteiger partial charge < -0.3 is 10.1 Å². The van der Waals surface area contributed by atoms with Crippen LogP contribution >= 0.6 is 0 Å². The van der Waals surface area contributed by atoms with Crippen molar-refractivity contribution >= 4 is 17.7 Å². The molecule has 11 heteroatoms. The zero-order valence-corrected chi connectivity index (χ0v) is 20.2. The number of hydrogen-bond donors (Lipinski definition) is 1. The number of hydrogen-bond acceptors (Lipinski definition) is 5. The molecule has 3 amide bonds. The van der Waals surface area contributed by atoms with Crippen LogP contribution in [-0.4, -0.2) is 46.2 Å². The normalized spacial score (nSPS) is 36.9. The van der Waals surface area contributed by atoms with E-state index in [9.17, 15) is 37.2 Å². The maximum Gasteiger partial charge on any atom is 0.417 e. The van der Waals surface area contributed by atoms with Gasteiger partial charge in [0.2, 0.25) is 17.7 Å². The number of rotatable bonds is 4. The summed E-state index contributed by atoms with van der Waals surface area (Å²) in [4.78, 5) is 41.1. The molecule has 37 heavy (non-hydrogen) atoms. The van der Waals surface area contributed by atoms with Gasteiger partial charge in [0.15, 0.2) is 0 Å². The fraction of sp³-hybridized carbons (Fsp3) is 0.538. The lowest BCUT2D eigenvalue weighted by atomic mass is 9.67. The minimum absolute atomic E-state index is 0.100. The van der Waals surface area contributed by atoms with Gasteiger partial charge in [-0.1, -0.05) is 13.0 Å². The Labute approximate surface area is 210 Å². The van der Waals surface area contributed by atoms with Crippen LogP contribution in [0.25, 0.3) is 0 Å². The zero-order valence-electron chi connectivity index (χ0n) is 20.2. The average Bonchev–Trinajstić information content (AvgIpc) is 3.38. The molecular weight excluding hydrogens is 494 g/mol. The van der Waals surface area contributed by atoms with Crippen LogP contribution < -0.4 is 5.32 Å². The van der Waals surface area contributed by atoms with Crippen LogP contribution in [-0.2, 0) is 19.1 Å². The number of amides is 3. The highest BCUT2D eigenvalue weighted by Gasteiger charge is 2.74. The van der Waals surface area contributed by atoms with Gasteiger partial charge in [-0.15, -0.1) is 0 Å². The van der Waals surface area contributed by atoms with Crippen LogP contribution in [0.5, 0.6) is 0 Å². The third-order valence-corrected chi connectivity index (χ3v) is 8.13. The van der Waals surface area contributed by atoms with Crippen molar-refractivity contribution in [3.63, 3.8) is 0 Å². The smallest absolute Gasteiger partial charge is 0.367 e. The summed E-state index contributed by atoms with van der Waals surface area (Å²) in [5.41, 5.74) is -3.62. The van der Waals surface area contributed by atoms with E-state index in [1.54, 1.807) is 26.0 Å². The Morgan fingerprint density at radius 1 is 1.27 bits per heavy atom. The number of nitrogens with zero attached hydrogens (tertiary/aromatic N) is 2. The highest BCUT2D eigenvalue weighted by Crippen LogP contribution is 2.62. The van der Waals surface area contributed by atoms with Crippen molar-refractivity contribution in [2.75, 3.05) is 0 Å². The van der Waals surface area contributed by atoms with Crippen LogP contribution in [0.3, 0.4) is 0 Å². The summed E-state index contributed by atoms with van der Waals surface area (Å²) in [5.74, 6) is -4.45. The van der Waals surface area contributed by atoms with Crippen molar-refractivity contribution in [2.24, 2.45) is 17.8 Å². The standard InChI is InChI=1S/C26H25F4N3O4/c1-13-9-14(12-31)17(26(28,29)30)10-18(13)33-22(35)20-21(23(33)36)25(8-7-24(20,2)37-25)11-19(34)32-16-5-3-15(27)4-6-16/h3,5-6,10,13,15,20-21H,4,7-9,11H2,1-2H3,(H,32,34). The van der Waals surface area contributed by atoms with E-state index in [0.717, 1.165) is 11.0 Å². The molecule has 7 nitrogen and oxygen atoms in total. The topological polar surface area (TPSA) is 99.5 Å². The van der Waals surface area contributed by atoms with Crippen molar-refractivity contribution < 1.29 is 36.7 Å². The summed E-state index contributed by atoms with van der Waals surface area (Å²) in [6.07, 6.45) is -0.552. The fourth-order valence-corrected chi connectivity index (χ4v) is 6.47. The van der Waals surface area contributed by atoms with E-state index < -0.39 is 70.2 Å². The number of likely N-dealkylation sites (tertiary alicyclic amines) is 1. The van der Waals surface area contributed by atoms with E-state index in [2.05, 4.69) is 5.32 Å². The lowest BCUT2D eigenvalue weighted by Gasteiger charge is -2.32. The first kappa shape index (κ1) is 25.4. The third kappa shape index (κ3) is 3.93. The molecular formula is C26H25F4N3O4. The van der Waals surface area contributed by atoms with Gasteiger partial charge in [-0.3, -0.25) is 19.3 Å². The van der Waals surface area contributed by atoms with Gasteiger partial charge in [0, 0.05) is 29.3 Å². The average molecular weight is 519 g/mol. The van der Waals surface area contributed by atoms with E-state index >= 15 is 0 Å². The number of nitriles is 1. The summed E-state index contributed by atoms with van der Waals surface area (Å²) in [6, 6.07) is 1.59. The molecule has 196 valence electrons. The Morgan fingerprint density at radius 2 is 1.97 bits per heavy atom. The molecule has 6 unspecified atom stereocenters. The molecule has 0 aromatic rings. The van der Waals surface area contributed by atoms with Gasteiger partial charge in [-0.05, 0) is 44.4 Å². The predicted octanol–water partition coefficient (Wildman–Crippen LogP) is 3.90. The molecule has 3 fully saturated rings. The second kappa shape index (κ2) is 8.38. The van der Waals surface area contributed by atoms with Crippen molar-refractivity contribution in [3.05, 3.63) is 46.8 Å². The second-order valence-electron chi connectivity index (χ2n) is 10.6. The van der Waals surface area contributed by atoms with E-state index in [0.29, 0.717) is 18.5 Å². The number of ether oxygens (including phenoxy) is 1. The predicted molar refractivity (Wildman–Crippen MR) is 120 cm³/mol. The lowest BCUT2D eigenvalue weighted by Crippen LogP contribution is -2.45. The number of fused-ring (bicyclic) bond motifs is 5. The monoisotopic (exact) mass is 519 g/mol. The Kier molecular flexibility index (Phi) is 5.75. The molecule has 0 saturated carbocycles. The molecule has 6 atom stereocenters. The largest absolute Gasteiger partial charge is 0.417 e. The Hall–Kier alpha value is -3.26. The number of carbonyl (C=O) groups excluding carboxylic acids is 3. The van der Waals surface area contributed by atoms with Crippen LogP contribution in [0.2, 0.25) is 0 Å². The molecule has 1 N–H and O–H groups in total. The maximum absolute atomic E-state index is 13.7. The van der Waals surface area contributed by atoms with Crippen LogP contribution in [0, 0.1) is 29.1 Å². The Bertz CT molecular complexity index is 1260. The third-order valence-electron chi connectivity index (χ3n) is 8.13. The quantitative estimate of drug-likeness (QED) is 0.449. The highest BCUT2D eigenvalue weighted by atomic mass is 19.4. The summed E-state index contributed by atoms with van der Waals surface area (Å²) in [5, 5.41) is 11.9. The van der Waals surface area contributed by atoms with Crippen molar-refractivity contribution in [1.29, 1.82) is 5.26 Å². The van der Waals surface area contributed by atoms with Gasteiger partial charge >= 0.3 is 6.18 Å². The maximum atomic E-state index is 13.7. The number of alkyl halides is 4. The summed E-state index contributed by atoms with van der Waals surface area (Å²) < 4.78 is 60.6. The minimum atomic E-state index is -4.82. The van der Waals surface area contributed by atoms with Gasteiger partial charge in [-0.2, -0.15) is 18.4 Å². The molecule has 3 heterocycles. The number of carbonyl (C=O) groups is 3. The number of allylic oxidation sites excluding steroid dienone is 7. The first-order valence-electron chi connectivity index (χ1n) is 12.1. The Morgan fingerprint density at radius 3 is 2.59 bits per heavy atom. The van der Waals surface area contributed by atoms with Crippen LogP contribution in [0.1, 0.15) is 46.0 Å². The number of halogens is 4. The lowest BCUT2D eigenvalue weighted by molar-refractivity contribution is -0.147. The van der Waals surface area contributed by atoms with E-state index in [1.165, 1.54) is 12.2 Å². The van der Waals surface area contributed by atoms with E-state index in [4.69, 9.17) is 4.74 Å². The van der Waals surface area contributed by atoms with Crippen LogP contribution in [0.4, 0.5) is 17.6 Å². The summed E-state index contributed by atoms with van der Waals surface area (Å²) in [6.45, 7) is 3.25. The molecule has 3 aliphatic heterocycles. The van der Waals surface area contributed by atoms with Crippen molar-refractivity contribution in [2.45, 2.75) is 69.5 Å². The molecule has 0 aromatic heterocycles. The van der Waals surface area contributed by atoms with Gasteiger partial charge in [0.1, 0.15) is 6.17 Å². The Balaban J connectivity index is 1.45. The zero-order chi connectivity index (χ0) is 26.9. The molecule has 2 bridgehead atoms. The van der Waals surface area contributed by atoms with Crippen LogP contribution in [0.15, 0.2) is 46.8 Å². The van der Waals surface area contributed by atoms with E-state index in [1.807, 2.05) is 0 Å². The van der Waals surface area contributed by atoms with Gasteiger partial charge in [-0.25, -0.2) is 4.39 Å². The number of imide groups is 1. The first-order valence-corrected chi connectivity index (χ1v) is 12.1. The van der Waals surface area contributed by atoms with Gasteiger partial charge in [0.25, 0.3) is 0 Å². The second-order valence-corrected chi connectivity index (χ2v) is 10.6. The fourth-order valence-electron chi connectivity index (χ4n) is 6.47. The molecule has 0 spiro atoms. The SMILES string of the molecule is CC1CC(C#N)=C(C(F)(F)F)C=C1N1C(=O)C2C(C1=O)C1(CC(=O)NC3=CCC(F)C=C3)CCC2(C)O1. The number of nitrogens with one attached hydrogen (secondary N) is 1. The summed E-state index contributed by atoms with van der Waals surface area (Å²) in [7, 11) is 0. The molecule has 3 saturated heterocycles. The molecule has 0 aromatic carbocycles. The van der Waals surface area contributed by atoms with Gasteiger partial charge in [0.05, 0.1) is 41.1 Å². The van der Waals surface area contributed by atoms with Crippen molar-refractivity contribution in [3.8, 4) is 6.07 Å². The molecule has 5 rings (SSSR count). The summed E-state index contributed by atoms with van der Waals surface area (Å²) >= 11 is 0. The minimum Gasteiger partial charge on any atom is -0.367 e. The molecule has 0 radical (unpaired) electrons.